The van der Waals surface area contributed by atoms with E-state index in [-0.39, 0.29) is 16.6 Å². The van der Waals surface area contributed by atoms with Crippen LogP contribution in [0.2, 0.25) is 5.02 Å². The molecule has 2 rings (SSSR count). The zero-order chi connectivity index (χ0) is 14.0. The number of anilines is 1. The van der Waals surface area contributed by atoms with Gasteiger partial charge in [-0.25, -0.2) is 0 Å². The Hall–Kier alpha value is -1.41. The van der Waals surface area contributed by atoms with E-state index in [4.69, 9.17) is 16.9 Å². The quantitative estimate of drug-likeness (QED) is 0.778. The summed E-state index contributed by atoms with van der Waals surface area (Å²) in [5.74, 6) is -0.0575. The van der Waals surface area contributed by atoms with Crippen LogP contribution >= 0.6 is 11.6 Å². The largest absolute Gasteiger partial charge is 0.418 e. The highest BCUT2D eigenvalue weighted by molar-refractivity contribution is 6.30. The predicted octanol–water partition coefficient (Wildman–Crippen LogP) is 4.10. The van der Waals surface area contributed by atoms with E-state index in [1.807, 2.05) is 0 Å². The predicted molar refractivity (Wildman–Crippen MR) is 67.0 cm³/mol. The van der Waals surface area contributed by atoms with Gasteiger partial charge in [-0.2, -0.15) is 18.4 Å². The van der Waals surface area contributed by atoms with Crippen molar-refractivity contribution in [1.82, 2.24) is 0 Å². The minimum Gasteiger partial charge on any atom is -0.371 e. The highest BCUT2D eigenvalue weighted by Gasteiger charge is 2.35. The highest BCUT2D eigenvalue weighted by atomic mass is 35.5. The second-order valence-electron chi connectivity index (χ2n) is 4.55. The van der Waals surface area contributed by atoms with Crippen LogP contribution < -0.4 is 4.90 Å². The molecule has 1 heterocycles. The van der Waals surface area contributed by atoms with Gasteiger partial charge in [0.1, 0.15) is 0 Å². The number of benzene rings is 1. The Morgan fingerprint density at radius 3 is 2.42 bits per heavy atom. The fraction of sp³-hybridized carbons (Fsp3) is 0.462. The smallest absolute Gasteiger partial charge is 0.371 e. The van der Waals surface area contributed by atoms with E-state index in [9.17, 15) is 13.2 Å². The molecule has 1 aliphatic rings. The molecule has 0 radical (unpaired) electrons. The molecule has 102 valence electrons. The van der Waals surface area contributed by atoms with Gasteiger partial charge in [0.25, 0.3) is 0 Å². The zero-order valence-corrected chi connectivity index (χ0v) is 10.8. The van der Waals surface area contributed by atoms with Crippen molar-refractivity contribution in [3.05, 3.63) is 28.8 Å². The summed E-state index contributed by atoms with van der Waals surface area (Å²) in [7, 11) is 0. The maximum atomic E-state index is 13.0. The summed E-state index contributed by atoms with van der Waals surface area (Å²) in [6, 6.07) is 5.97. The Labute approximate surface area is 114 Å². The van der Waals surface area contributed by atoms with Crippen molar-refractivity contribution < 1.29 is 13.2 Å². The molecule has 0 unspecified atom stereocenters. The molecule has 1 fully saturated rings. The number of halogens is 4. The fourth-order valence-corrected chi connectivity index (χ4v) is 2.43. The van der Waals surface area contributed by atoms with Gasteiger partial charge in [-0.3, -0.25) is 0 Å². The Bertz CT molecular complexity index is 500. The van der Waals surface area contributed by atoms with Crippen molar-refractivity contribution in [2.24, 2.45) is 5.92 Å². The Morgan fingerprint density at radius 1 is 1.26 bits per heavy atom. The van der Waals surface area contributed by atoms with Gasteiger partial charge < -0.3 is 4.90 Å². The molecule has 0 aliphatic carbocycles. The number of hydrogen-bond acceptors (Lipinski definition) is 2. The molecule has 0 amide bonds. The molecule has 2 nitrogen and oxygen atoms in total. The third kappa shape index (κ3) is 3.13. The summed E-state index contributed by atoms with van der Waals surface area (Å²) in [6.45, 7) is 0.922. The lowest BCUT2D eigenvalue weighted by atomic mass is 9.97. The Morgan fingerprint density at radius 2 is 1.89 bits per heavy atom. The van der Waals surface area contributed by atoms with Crippen molar-refractivity contribution in [1.29, 1.82) is 5.26 Å². The number of hydrogen-bond donors (Lipinski definition) is 0. The maximum absolute atomic E-state index is 13.0. The van der Waals surface area contributed by atoms with Crippen molar-refractivity contribution >= 4 is 17.3 Å². The first-order valence-electron chi connectivity index (χ1n) is 5.93. The van der Waals surface area contributed by atoms with Gasteiger partial charge in [-0.05, 0) is 31.0 Å². The molecular formula is C13H12ClF3N2. The van der Waals surface area contributed by atoms with E-state index in [2.05, 4.69) is 6.07 Å². The lowest BCUT2D eigenvalue weighted by molar-refractivity contribution is -0.137. The van der Waals surface area contributed by atoms with Gasteiger partial charge in [0, 0.05) is 29.7 Å². The van der Waals surface area contributed by atoms with Crippen LogP contribution in [0.25, 0.3) is 0 Å². The topological polar surface area (TPSA) is 27.0 Å². The van der Waals surface area contributed by atoms with Crippen LogP contribution in [0.1, 0.15) is 18.4 Å². The molecule has 0 aromatic heterocycles. The average molecular weight is 289 g/mol. The Balaban J connectivity index is 2.28. The van der Waals surface area contributed by atoms with Crippen LogP contribution in [0.15, 0.2) is 18.2 Å². The molecule has 1 aromatic carbocycles. The van der Waals surface area contributed by atoms with E-state index in [0.29, 0.717) is 25.9 Å². The molecule has 1 saturated heterocycles. The molecule has 0 saturated carbocycles. The number of nitrogens with zero attached hydrogens (tertiary/aromatic N) is 2. The van der Waals surface area contributed by atoms with Crippen molar-refractivity contribution in [2.75, 3.05) is 18.0 Å². The molecular weight excluding hydrogens is 277 g/mol. The van der Waals surface area contributed by atoms with E-state index < -0.39 is 11.7 Å². The average Bonchev–Trinajstić information content (AvgIpc) is 2.38. The number of rotatable bonds is 1. The number of nitriles is 1. The fourth-order valence-electron chi connectivity index (χ4n) is 2.26. The van der Waals surface area contributed by atoms with Crippen molar-refractivity contribution in [2.45, 2.75) is 19.0 Å². The third-order valence-electron chi connectivity index (χ3n) is 3.28. The van der Waals surface area contributed by atoms with Gasteiger partial charge >= 0.3 is 6.18 Å². The molecule has 0 bridgehead atoms. The summed E-state index contributed by atoms with van der Waals surface area (Å²) in [4.78, 5) is 1.67. The molecule has 1 aromatic rings. The van der Waals surface area contributed by atoms with E-state index in [0.717, 1.165) is 6.07 Å². The second-order valence-corrected chi connectivity index (χ2v) is 4.99. The van der Waals surface area contributed by atoms with Gasteiger partial charge in [-0.1, -0.05) is 11.6 Å². The first-order valence-corrected chi connectivity index (χ1v) is 6.31. The normalized spacial score (nSPS) is 17.3. The van der Waals surface area contributed by atoms with Crippen LogP contribution in [0.4, 0.5) is 18.9 Å². The second kappa shape index (κ2) is 5.30. The maximum Gasteiger partial charge on any atom is 0.418 e. The van der Waals surface area contributed by atoms with Gasteiger partial charge in [0.15, 0.2) is 0 Å². The number of alkyl halides is 3. The summed E-state index contributed by atoms with van der Waals surface area (Å²) in [5, 5.41) is 8.87. The van der Waals surface area contributed by atoms with Crippen molar-refractivity contribution in [3.8, 4) is 6.07 Å². The minimum absolute atomic E-state index is 0.0575. The van der Waals surface area contributed by atoms with Gasteiger partial charge in [-0.15, -0.1) is 0 Å². The van der Waals surface area contributed by atoms with Crippen LogP contribution in [0.5, 0.6) is 0 Å². The van der Waals surface area contributed by atoms with Crippen LogP contribution in [-0.2, 0) is 6.18 Å². The molecule has 6 heteroatoms. The summed E-state index contributed by atoms with van der Waals surface area (Å²) in [6.07, 6.45) is -3.24. The first-order chi connectivity index (χ1) is 8.91. The van der Waals surface area contributed by atoms with Crippen molar-refractivity contribution in [3.63, 3.8) is 0 Å². The highest BCUT2D eigenvalue weighted by Crippen LogP contribution is 2.39. The molecule has 1 aliphatic heterocycles. The third-order valence-corrected chi connectivity index (χ3v) is 3.52. The van der Waals surface area contributed by atoms with E-state index >= 15 is 0 Å². The van der Waals surface area contributed by atoms with E-state index in [1.165, 1.54) is 12.1 Å². The van der Waals surface area contributed by atoms with Crippen LogP contribution in [0, 0.1) is 17.2 Å². The summed E-state index contributed by atoms with van der Waals surface area (Å²) < 4.78 is 39.0. The summed E-state index contributed by atoms with van der Waals surface area (Å²) in [5.41, 5.74) is -0.566. The van der Waals surface area contributed by atoms with Crippen LogP contribution in [-0.4, -0.2) is 13.1 Å². The van der Waals surface area contributed by atoms with Gasteiger partial charge in [0.05, 0.1) is 11.6 Å². The standard InChI is InChI=1S/C13H12ClF3N2/c14-10-1-2-12(11(7-10)13(15,16)17)19-5-3-9(8-18)4-6-19/h1-2,7,9H,3-6H2. The molecule has 0 spiro atoms. The monoisotopic (exact) mass is 288 g/mol. The number of piperidine rings is 1. The molecule has 0 N–H and O–H groups in total. The SMILES string of the molecule is N#CC1CCN(c2ccc(Cl)cc2C(F)(F)F)CC1. The van der Waals surface area contributed by atoms with Gasteiger partial charge in [0.2, 0.25) is 0 Å². The minimum atomic E-state index is -4.42. The first kappa shape index (κ1) is 14.0. The molecule has 0 atom stereocenters. The summed E-state index contributed by atoms with van der Waals surface area (Å²) >= 11 is 5.65. The van der Waals surface area contributed by atoms with Crippen LogP contribution in [0.3, 0.4) is 0 Å². The van der Waals surface area contributed by atoms with E-state index in [1.54, 1.807) is 4.90 Å². The zero-order valence-electron chi connectivity index (χ0n) is 10.0. The molecule has 19 heavy (non-hydrogen) atoms. The Kier molecular flexibility index (Phi) is 3.91. The lowest BCUT2D eigenvalue weighted by Gasteiger charge is -2.32. The lowest BCUT2D eigenvalue weighted by Crippen LogP contribution is -2.34.